The molecule has 94 valence electrons. The number of hydrogen-bond acceptors (Lipinski definition) is 3. The van der Waals surface area contributed by atoms with Crippen molar-refractivity contribution < 1.29 is 13.5 Å². The lowest BCUT2D eigenvalue weighted by atomic mass is 9.72. The van der Waals surface area contributed by atoms with E-state index in [1.165, 1.54) is 18.2 Å². The Morgan fingerprint density at radius 3 is 2.29 bits per heavy atom. The highest BCUT2D eigenvalue weighted by atomic mass is 19.1. The summed E-state index contributed by atoms with van der Waals surface area (Å²) in [6.07, 6.45) is 2.46. The number of benzene rings is 1. The number of methoxy groups -OCH3 is 1. The largest absolute Gasteiger partial charge is 0.376 e. The lowest BCUT2D eigenvalue weighted by Gasteiger charge is -2.46. The van der Waals surface area contributed by atoms with Gasteiger partial charge in [-0.2, -0.15) is 0 Å². The number of hydrogen-bond donors (Lipinski definition) is 2. The van der Waals surface area contributed by atoms with E-state index in [9.17, 15) is 8.78 Å². The third-order valence-corrected chi connectivity index (χ3v) is 3.59. The van der Waals surface area contributed by atoms with E-state index in [1.54, 1.807) is 7.11 Å². The number of halogens is 2. The van der Waals surface area contributed by atoms with E-state index in [0.29, 0.717) is 0 Å². The molecule has 3 nitrogen and oxygen atoms in total. The summed E-state index contributed by atoms with van der Waals surface area (Å²) in [4.78, 5) is 0. The van der Waals surface area contributed by atoms with Gasteiger partial charge in [0.1, 0.15) is 11.6 Å². The minimum absolute atomic E-state index is 0.0449. The number of rotatable bonds is 4. The highest BCUT2D eigenvalue weighted by Crippen LogP contribution is 2.45. The van der Waals surface area contributed by atoms with Gasteiger partial charge in [0, 0.05) is 12.7 Å². The van der Waals surface area contributed by atoms with Gasteiger partial charge < -0.3 is 4.74 Å². The number of nitrogens with two attached hydrogens (primary N) is 1. The Hall–Kier alpha value is -1.04. The predicted octanol–water partition coefficient (Wildman–Crippen LogP) is 2.04. The molecule has 0 amide bonds. The lowest BCUT2D eigenvalue weighted by molar-refractivity contribution is -0.101. The molecule has 1 fully saturated rings. The second kappa shape index (κ2) is 4.68. The first-order chi connectivity index (χ1) is 8.14. The molecule has 0 aliphatic heterocycles. The van der Waals surface area contributed by atoms with E-state index in [1.807, 2.05) is 0 Å². The molecule has 17 heavy (non-hydrogen) atoms. The molecule has 2 rings (SSSR count). The summed E-state index contributed by atoms with van der Waals surface area (Å²) in [5, 5.41) is 0. The molecule has 0 radical (unpaired) electrons. The molecular formula is C12H16F2N2O. The molecular weight excluding hydrogens is 226 g/mol. The van der Waals surface area contributed by atoms with Gasteiger partial charge in [0.2, 0.25) is 0 Å². The fourth-order valence-electron chi connectivity index (χ4n) is 2.42. The van der Waals surface area contributed by atoms with Gasteiger partial charge in [-0.15, -0.1) is 0 Å². The zero-order chi connectivity index (χ0) is 12.5. The van der Waals surface area contributed by atoms with Crippen LogP contribution in [-0.2, 0) is 4.74 Å². The predicted molar refractivity (Wildman–Crippen MR) is 60.0 cm³/mol. The van der Waals surface area contributed by atoms with Crippen molar-refractivity contribution in [2.45, 2.75) is 30.9 Å². The van der Waals surface area contributed by atoms with Gasteiger partial charge >= 0.3 is 0 Å². The van der Waals surface area contributed by atoms with Crippen LogP contribution >= 0.6 is 0 Å². The van der Waals surface area contributed by atoms with E-state index < -0.39 is 23.3 Å². The molecule has 1 aliphatic carbocycles. The van der Waals surface area contributed by atoms with Crippen LogP contribution in [0.4, 0.5) is 8.78 Å². The van der Waals surface area contributed by atoms with Crippen molar-refractivity contribution in [3.8, 4) is 0 Å². The highest BCUT2D eigenvalue weighted by molar-refractivity contribution is 5.27. The van der Waals surface area contributed by atoms with Gasteiger partial charge in [-0.05, 0) is 31.4 Å². The second-order valence-electron chi connectivity index (χ2n) is 4.36. The maximum atomic E-state index is 13.7. The summed E-state index contributed by atoms with van der Waals surface area (Å²) in [5.74, 6) is 4.25. The third kappa shape index (κ3) is 1.94. The molecule has 1 unspecified atom stereocenters. The summed E-state index contributed by atoms with van der Waals surface area (Å²) in [6.45, 7) is 0. The van der Waals surface area contributed by atoms with Crippen molar-refractivity contribution in [1.82, 2.24) is 5.43 Å². The van der Waals surface area contributed by atoms with Crippen molar-refractivity contribution in [3.05, 3.63) is 35.4 Å². The van der Waals surface area contributed by atoms with Crippen LogP contribution in [0.15, 0.2) is 18.2 Å². The van der Waals surface area contributed by atoms with E-state index in [4.69, 9.17) is 10.6 Å². The van der Waals surface area contributed by atoms with Crippen LogP contribution in [0, 0.1) is 11.6 Å². The number of nitrogens with one attached hydrogen (secondary N) is 1. The molecule has 1 aromatic rings. The standard InChI is InChI=1S/C12H16F2N2O/c1-17-12(6-3-7-12)11(16-15)10-8(13)4-2-5-9(10)14/h2,4-5,11,16H,3,6-7,15H2,1H3. The van der Waals surface area contributed by atoms with Crippen LogP contribution in [0.1, 0.15) is 30.9 Å². The quantitative estimate of drug-likeness (QED) is 0.627. The second-order valence-corrected chi connectivity index (χ2v) is 4.36. The maximum Gasteiger partial charge on any atom is 0.131 e. The Labute approximate surface area is 98.9 Å². The topological polar surface area (TPSA) is 47.3 Å². The molecule has 1 saturated carbocycles. The van der Waals surface area contributed by atoms with Gasteiger partial charge in [-0.25, -0.2) is 14.2 Å². The maximum absolute atomic E-state index is 13.7. The average molecular weight is 242 g/mol. The average Bonchev–Trinajstić information content (AvgIpc) is 2.25. The number of hydrazine groups is 1. The molecule has 0 aromatic heterocycles. The van der Waals surface area contributed by atoms with E-state index in [-0.39, 0.29) is 5.56 Å². The number of ether oxygens (including phenoxy) is 1. The molecule has 3 N–H and O–H groups in total. The van der Waals surface area contributed by atoms with Crippen LogP contribution in [0.3, 0.4) is 0 Å². The highest BCUT2D eigenvalue weighted by Gasteiger charge is 2.46. The molecule has 0 saturated heterocycles. The fourth-order valence-corrected chi connectivity index (χ4v) is 2.42. The van der Waals surface area contributed by atoms with Crippen LogP contribution in [0.5, 0.6) is 0 Å². The SMILES string of the molecule is COC1(C(NN)c2c(F)cccc2F)CCC1. The molecule has 1 atom stereocenters. The normalized spacial score (nSPS) is 19.8. The zero-order valence-electron chi connectivity index (χ0n) is 9.67. The summed E-state index contributed by atoms with van der Waals surface area (Å²) < 4.78 is 32.9. The minimum atomic E-state index is -0.664. The van der Waals surface area contributed by atoms with Gasteiger partial charge in [0.15, 0.2) is 0 Å². The summed E-state index contributed by atoms with van der Waals surface area (Å²) >= 11 is 0. The van der Waals surface area contributed by atoms with Gasteiger partial charge in [-0.1, -0.05) is 6.07 Å². The first-order valence-corrected chi connectivity index (χ1v) is 5.60. The van der Waals surface area contributed by atoms with Gasteiger partial charge in [0.05, 0.1) is 11.6 Å². The Kier molecular flexibility index (Phi) is 3.42. The van der Waals surface area contributed by atoms with Crippen LogP contribution in [0.2, 0.25) is 0 Å². The van der Waals surface area contributed by atoms with Crippen LogP contribution in [-0.4, -0.2) is 12.7 Å². The Morgan fingerprint density at radius 1 is 1.35 bits per heavy atom. The van der Waals surface area contributed by atoms with E-state index >= 15 is 0 Å². The molecule has 5 heteroatoms. The Bertz CT molecular complexity index is 382. The third-order valence-electron chi connectivity index (χ3n) is 3.59. The molecule has 0 spiro atoms. The van der Waals surface area contributed by atoms with Crippen molar-refractivity contribution in [3.63, 3.8) is 0 Å². The first-order valence-electron chi connectivity index (χ1n) is 5.60. The molecule has 1 aromatic carbocycles. The summed E-state index contributed by atoms with van der Waals surface area (Å²) in [5.41, 5.74) is 1.84. The first kappa shape index (κ1) is 12.4. The fraction of sp³-hybridized carbons (Fsp3) is 0.500. The van der Waals surface area contributed by atoms with Crippen LogP contribution in [0.25, 0.3) is 0 Å². The van der Waals surface area contributed by atoms with E-state index in [0.717, 1.165) is 19.3 Å². The molecule has 1 aliphatic rings. The van der Waals surface area contributed by atoms with Gasteiger partial charge in [0.25, 0.3) is 0 Å². The molecule has 0 bridgehead atoms. The van der Waals surface area contributed by atoms with Crippen molar-refractivity contribution in [1.29, 1.82) is 0 Å². The van der Waals surface area contributed by atoms with Crippen molar-refractivity contribution in [2.24, 2.45) is 5.84 Å². The van der Waals surface area contributed by atoms with Gasteiger partial charge in [-0.3, -0.25) is 5.84 Å². The van der Waals surface area contributed by atoms with Crippen molar-refractivity contribution in [2.75, 3.05) is 7.11 Å². The van der Waals surface area contributed by atoms with Crippen LogP contribution < -0.4 is 11.3 Å². The van der Waals surface area contributed by atoms with E-state index in [2.05, 4.69) is 5.43 Å². The van der Waals surface area contributed by atoms with Crippen molar-refractivity contribution >= 4 is 0 Å². The zero-order valence-corrected chi connectivity index (χ0v) is 9.67. The summed E-state index contributed by atoms with van der Waals surface area (Å²) in [6, 6.07) is 3.12. The lowest BCUT2D eigenvalue weighted by Crippen LogP contribution is -2.53. The Morgan fingerprint density at radius 2 is 1.94 bits per heavy atom. The smallest absolute Gasteiger partial charge is 0.131 e. The summed E-state index contributed by atoms with van der Waals surface area (Å²) in [7, 11) is 1.54. The molecule has 0 heterocycles. The minimum Gasteiger partial charge on any atom is -0.376 e. The Balaban J connectivity index is 2.42. The monoisotopic (exact) mass is 242 g/mol.